The number of esters is 1. The number of thioether (sulfide) groups is 1. The molecule has 0 aliphatic heterocycles. The van der Waals surface area contributed by atoms with Crippen LogP contribution in [0.25, 0.3) is 0 Å². The molecule has 2 N–H and O–H groups in total. The largest absolute Gasteiger partial charge is 0.454 e. The van der Waals surface area contributed by atoms with Gasteiger partial charge < -0.3 is 15.4 Å². The Labute approximate surface area is 191 Å². The summed E-state index contributed by atoms with van der Waals surface area (Å²) in [5.74, 6) is -0.802. The number of aryl methyl sites for hydroxylation is 2. The van der Waals surface area contributed by atoms with Gasteiger partial charge in [0.05, 0.1) is 0 Å². The van der Waals surface area contributed by atoms with Crippen LogP contribution in [0.4, 0.5) is 5.69 Å². The van der Waals surface area contributed by atoms with Crippen molar-refractivity contribution in [3.05, 3.63) is 64.2 Å². The lowest BCUT2D eigenvalue weighted by Gasteiger charge is -2.17. The molecule has 0 fully saturated rings. The Hall–Kier alpha value is -2.51. The molecule has 0 bridgehead atoms. The Morgan fingerprint density at radius 3 is 2.58 bits per heavy atom. The molecule has 3 rings (SSSR count). The number of benzene rings is 2. The van der Waals surface area contributed by atoms with E-state index in [1.165, 1.54) is 11.1 Å². The van der Waals surface area contributed by atoms with E-state index in [0.717, 1.165) is 19.3 Å². The van der Waals surface area contributed by atoms with Crippen molar-refractivity contribution in [2.24, 2.45) is 0 Å². The molecule has 164 valence electrons. The molecule has 2 aromatic carbocycles. The van der Waals surface area contributed by atoms with E-state index in [1.54, 1.807) is 36.0 Å². The Balaban J connectivity index is 1.53. The van der Waals surface area contributed by atoms with Crippen LogP contribution in [-0.2, 0) is 27.2 Å². The third kappa shape index (κ3) is 6.74. The molecule has 0 aromatic heterocycles. The highest BCUT2D eigenvalue weighted by molar-refractivity contribution is 7.98. The highest BCUT2D eigenvalue weighted by atomic mass is 35.5. The maximum absolute atomic E-state index is 12.5. The lowest BCUT2D eigenvalue weighted by molar-refractivity contribution is -0.149. The van der Waals surface area contributed by atoms with E-state index in [9.17, 15) is 14.4 Å². The lowest BCUT2D eigenvalue weighted by Crippen LogP contribution is -2.43. The van der Waals surface area contributed by atoms with Crippen molar-refractivity contribution in [3.8, 4) is 0 Å². The highest BCUT2D eigenvalue weighted by Crippen LogP contribution is 2.24. The summed E-state index contributed by atoms with van der Waals surface area (Å²) in [4.78, 5) is 37.2. The predicted octanol–water partition coefficient (Wildman–Crippen LogP) is 3.86. The molecule has 0 radical (unpaired) electrons. The van der Waals surface area contributed by atoms with Gasteiger partial charge in [-0.3, -0.25) is 9.59 Å². The van der Waals surface area contributed by atoms with Crippen molar-refractivity contribution in [3.63, 3.8) is 0 Å². The van der Waals surface area contributed by atoms with Crippen LogP contribution < -0.4 is 10.6 Å². The molecular formula is C23H25ClN2O4S. The quantitative estimate of drug-likeness (QED) is 0.555. The number of halogens is 1. The van der Waals surface area contributed by atoms with E-state index >= 15 is 0 Å². The van der Waals surface area contributed by atoms with E-state index in [-0.39, 0.29) is 0 Å². The van der Waals surface area contributed by atoms with Crippen LogP contribution in [0.3, 0.4) is 0 Å². The minimum atomic E-state index is -0.844. The van der Waals surface area contributed by atoms with Crippen LogP contribution in [0, 0.1) is 0 Å². The van der Waals surface area contributed by atoms with Gasteiger partial charge in [-0.2, -0.15) is 11.8 Å². The van der Waals surface area contributed by atoms with Crippen molar-refractivity contribution < 1.29 is 19.1 Å². The lowest BCUT2D eigenvalue weighted by atomic mass is 10.1. The Morgan fingerprint density at radius 1 is 1.10 bits per heavy atom. The number of fused-ring (bicyclic) bond motifs is 1. The first-order valence-electron chi connectivity index (χ1n) is 10.1. The summed E-state index contributed by atoms with van der Waals surface area (Å²) < 4.78 is 5.19. The average molecular weight is 461 g/mol. The summed E-state index contributed by atoms with van der Waals surface area (Å²) in [5, 5.41) is 5.97. The molecule has 0 unspecified atom stereocenters. The molecule has 6 nitrogen and oxygen atoms in total. The molecule has 0 saturated carbocycles. The minimum absolute atomic E-state index is 0.390. The monoisotopic (exact) mass is 460 g/mol. The molecule has 1 aliphatic carbocycles. The first-order valence-corrected chi connectivity index (χ1v) is 11.9. The summed E-state index contributed by atoms with van der Waals surface area (Å²) in [6, 6.07) is 11.4. The smallest absolute Gasteiger partial charge is 0.329 e. The third-order valence-corrected chi connectivity index (χ3v) is 5.93. The molecular weight excluding hydrogens is 436 g/mol. The molecule has 2 aromatic rings. The zero-order valence-electron chi connectivity index (χ0n) is 17.3. The first-order chi connectivity index (χ1) is 15.0. The molecule has 31 heavy (non-hydrogen) atoms. The Kier molecular flexibility index (Phi) is 8.37. The van der Waals surface area contributed by atoms with Crippen LogP contribution >= 0.6 is 23.4 Å². The van der Waals surface area contributed by atoms with Crippen molar-refractivity contribution in [2.75, 3.05) is 23.9 Å². The fourth-order valence-electron chi connectivity index (χ4n) is 3.41. The maximum atomic E-state index is 12.5. The van der Waals surface area contributed by atoms with Gasteiger partial charge in [-0.25, -0.2) is 4.79 Å². The predicted molar refractivity (Wildman–Crippen MR) is 124 cm³/mol. The number of carbonyl (C=O) groups excluding carboxylic acids is 3. The normalized spacial score (nSPS) is 13.2. The van der Waals surface area contributed by atoms with Crippen LogP contribution in [0.1, 0.15) is 34.3 Å². The second-order valence-corrected chi connectivity index (χ2v) is 8.73. The van der Waals surface area contributed by atoms with Gasteiger partial charge in [0, 0.05) is 16.3 Å². The van der Waals surface area contributed by atoms with Crippen molar-refractivity contribution in [1.29, 1.82) is 0 Å². The van der Waals surface area contributed by atoms with E-state index in [0.29, 0.717) is 28.4 Å². The minimum Gasteiger partial charge on any atom is -0.454 e. The number of hydrogen-bond acceptors (Lipinski definition) is 5. The molecule has 2 amide bonds. The van der Waals surface area contributed by atoms with E-state index in [4.69, 9.17) is 16.3 Å². The van der Waals surface area contributed by atoms with Gasteiger partial charge >= 0.3 is 5.97 Å². The van der Waals surface area contributed by atoms with Gasteiger partial charge in [0.1, 0.15) is 6.04 Å². The standard InChI is InChI=1S/C23H25ClN2O4S/c1-31-12-11-20(26-22(28)16-5-8-18(24)9-6-16)23(29)30-14-21(27)25-19-10-7-15-3-2-4-17(15)13-19/h5-10,13,20H,2-4,11-12,14H2,1H3,(H,25,27)(H,26,28)/t20-/m0/s1. The molecule has 0 saturated heterocycles. The first kappa shape index (κ1) is 23.2. The van der Waals surface area contributed by atoms with Crippen LogP contribution in [-0.4, -0.2) is 42.4 Å². The van der Waals surface area contributed by atoms with E-state index < -0.39 is 30.4 Å². The molecule has 1 atom stereocenters. The summed E-state index contributed by atoms with van der Waals surface area (Å²) >= 11 is 7.40. The summed E-state index contributed by atoms with van der Waals surface area (Å²) in [6.45, 7) is -0.414. The van der Waals surface area contributed by atoms with Gasteiger partial charge in [-0.15, -0.1) is 0 Å². The second kappa shape index (κ2) is 11.2. The van der Waals surface area contributed by atoms with Crippen molar-refractivity contribution in [2.45, 2.75) is 31.7 Å². The molecule has 8 heteroatoms. The summed E-state index contributed by atoms with van der Waals surface area (Å²) in [5.41, 5.74) is 3.65. The molecule has 0 heterocycles. The molecule has 1 aliphatic rings. The van der Waals surface area contributed by atoms with Gasteiger partial charge in [0.15, 0.2) is 6.61 Å². The van der Waals surface area contributed by atoms with Crippen LogP contribution in [0.2, 0.25) is 5.02 Å². The Morgan fingerprint density at radius 2 is 1.84 bits per heavy atom. The maximum Gasteiger partial charge on any atom is 0.329 e. The summed E-state index contributed by atoms with van der Waals surface area (Å²) in [6.07, 6.45) is 5.52. The fraction of sp³-hybridized carbons (Fsp3) is 0.348. The third-order valence-electron chi connectivity index (χ3n) is 5.03. The molecule has 0 spiro atoms. The van der Waals surface area contributed by atoms with Crippen molar-refractivity contribution >= 4 is 46.8 Å². The topological polar surface area (TPSA) is 84.5 Å². The second-order valence-electron chi connectivity index (χ2n) is 7.31. The number of ether oxygens (including phenoxy) is 1. The fourth-order valence-corrected chi connectivity index (χ4v) is 4.01. The number of rotatable bonds is 9. The number of amides is 2. The number of anilines is 1. The van der Waals surface area contributed by atoms with E-state index in [1.807, 2.05) is 24.5 Å². The van der Waals surface area contributed by atoms with Crippen LogP contribution in [0.5, 0.6) is 0 Å². The SMILES string of the molecule is CSCC[C@H](NC(=O)c1ccc(Cl)cc1)C(=O)OCC(=O)Nc1ccc2c(c1)CCC2. The number of nitrogens with one attached hydrogen (secondary N) is 2. The average Bonchev–Trinajstić information content (AvgIpc) is 3.23. The van der Waals surface area contributed by atoms with Gasteiger partial charge in [-0.05, 0) is 85.2 Å². The Bertz CT molecular complexity index is 949. The zero-order chi connectivity index (χ0) is 22.2. The van der Waals surface area contributed by atoms with Gasteiger partial charge in [-0.1, -0.05) is 17.7 Å². The zero-order valence-corrected chi connectivity index (χ0v) is 18.9. The highest BCUT2D eigenvalue weighted by Gasteiger charge is 2.23. The van der Waals surface area contributed by atoms with Gasteiger partial charge in [0.2, 0.25) is 0 Å². The van der Waals surface area contributed by atoms with Crippen molar-refractivity contribution in [1.82, 2.24) is 5.32 Å². The summed E-state index contributed by atoms with van der Waals surface area (Å²) in [7, 11) is 0. The van der Waals surface area contributed by atoms with Crippen LogP contribution in [0.15, 0.2) is 42.5 Å². The number of hydrogen-bond donors (Lipinski definition) is 2. The van der Waals surface area contributed by atoms with E-state index in [2.05, 4.69) is 10.6 Å². The van der Waals surface area contributed by atoms with Gasteiger partial charge in [0.25, 0.3) is 11.8 Å². The number of carbonyl (C=O) groups is 3.